The average molecular weight is 499 g/mol. The fourth-order valence-corrected chi connectivity index (χ4v) is 4.12. The second-order valence-corrected chi connectivity index (χ2v) is 8.36. The number of halogens is 3. The van der Waals surface area contributed by atoms with E-state index in [1.165, 1.54) is 18.3 Å². The third-order valence-electron chi connectivity index (χ3n) is 5.89. The summed E-state index contributed by atoms with van der Waals surface area (Å²) in [4.78, 5) is 17.2. The van der Waals surface area contributed by atoms with E-state index in [0.717, 1.165) is 28.5 Å². The zero-order chi connectivity index (χ0) is 25.8. The molecule has 0 atom stereocenters. The molecule has 184 valence electrons. The number of carbonyl (C=O) groups is 1. The molecule has 5 rings (SSSR count). The highest BCUT2D eigenvalue weighted by atomic mass is 19.4. The Bertz CT molecular complexity index is 1540. The van der Waals surface area contributed by atoms with E-state index in [1.807, 2.05) is 54.6 Å². The summed E-state index contributed by atoms with van der Waals surface area (Å²) in [6.07, 6.45) is -2.94. The molecule has 0 fully saturated rings. The van der Waals surface area contributed by atoms with Crippen LogP contribution in [0, 0.1) is 0 Å². The molecule has 0 saturated heterocycles. The van der Waals surface area contributed by atoms with Crippen molar-refractivity contribution in [1.82, 2.24) is 4.98 Å². The summed E-state index contributed by atoms with van der Waals surface area (Å²) in [5.41, 5.74) is 1.94. The molecule has 0 spiro atoms. The highest BCUT2D eigenvalue weighted by Gasteiger charge is 2.30. The summed E-state index contributed by atoms with van der Waals surface area (Å²) in [6.45, 7) is 0.304. The summed E-state index contributed by atoms with van der Waals surface area (Å²) in [5.74, 6) is 0.0875. The average Bonchev–Trinajstić information content (AvgIpc) is 2.92. The van der Waals surface area contributed by atoms with Crippen molar-refractivity contribution in [2.75, 3.05) is 5.32 Å². The van der Waals surface area contributed by atoms with Crippen molar-refractivity contribution >= 4 is 22.4 Å². The minimum absolute atomic E-state index is 0.209. The molecule has 0 bridgehead atoms. The number of carbonyl (C=O) groups excluding carboxylic acids is 1. The second-order valence-electron chi connectivity index (χ2n) is 8.36. The van der Waals surface area contributed by atoms with Gasteiger partial charge in [-0.15, -0.1) is 0 Å². The van der Waals surface area contributed by atoms with E-state index in [0.29, 0.717) is 29.2 Å². The van der Waals surface area contributed by atoms with Gasteiger partial charge >= 0.3 is 6.18 Å². The molecule has 0 aliphatic carbocycles. The van der Waals surface area contributed by atoms with Crippen LogP contribution in [0.2, 0.25) is 0 Å². The topological polar surface area (TPSA) is 51.2 Å². The summed E-state index contributed by atoms with van der Waals surface area (Å²) in [7, 11) is 0. The number of amides is 1. The molecule has 4 aromatic carbocycles. The third-order valence-corrected chi connectivity index (χ3v) is 5.89. The van der Waals surface area contributed by atoms with Gasteiger partial charge < -0.3 is 10.1 Å². The number of ether oxygens (including phenoxy) is 1. The number of hydrogen-bond donors (Lipinski definition) is 1. The molecular formula is C30H21F3N2O2. The van der Waals surface area contributed by atoms with Crippen molar-refractivity contribution in [3.05, 3.63) is 126 Å². The van der Waals surface area contributed by atoms with Gasteiger partial charge in [-0.05, 0) is 40.8 Å². The SMILES string of the molecule is O=C(Nc1cc(OCc2ccccc2)c2ccccc2c1-c1ccc(C(F)(F)F)cc1)c1ccccn1. The summed E-state index contributed by atoms with van der Waals surface area (Å²) in [6, 6.07) is 28.7. The molecule has 4 nitrogen and oxygen atoms in total. The Hall–Kier alpha value is -4.65. The number of pyridine rings is 1. The van der Waals surface area contributed by atoms with Crippen LogP contribution in [0.3, 0.4) is 0 Å². The van der Waals surface area contributed by atoms with Crippen molar-refractivity contribution in [1.29, 1.82) is 0 Å². The predicted octanol–water partition coefficient (Wildman–Crippen LogP) is 7.75. The molecule has 0 unspecified atom stereocenters. The van der Waals surface area contributed by atoms with E-state index in [1.54, 1.807) is 24.3 Å². The van der Waals surface area contributed by atoms with E-state index < -0.39 is 17.6 Å². The number of nitrogens with zero attached hydrogens (tertiary/aromatic N) is 1. The van der Waals surface area contributed by atoms with Crippen LogP contribution in [0.25, 0.3) is 21.9 Å². The van der Waals surface area contributed by atoms with Gasteiger partial charge in [-0.2, -0.15) is 13.2 Å². The molecule has 5 aromatic rings. The van der Waals surface area contributed by atoms with Crippen LogP contribution < -0.4 is 10.1 Å². The molecule has 1 amide bonds. The van der Waals surface area contributed by atoms with Crippen molar-refractivity contribution in [3.63, 3.8) is 0 Å². The van der Waals surface area contributed by atoms with Gasteiger partial charge in [-0.1, -0.05) is 72.8 Å². The first-order chi connectivity index (χ1) is 17.9. The third kappa shape index (κ3) is 5.30. The molecule has 0 radical (unpaired) electrons. The van der Waals surface area contributed by atoms with Crippen LogP contribution in [0.4, 0.5) is 18.9 Å². The Labute approximate surface area is 211 Å². The lowest BCUT2D eigenvalue weighted by atomic mass is 9.94. The number of alkyl halides is 3. The summed E-state index contributed by atoms with van der Waals surface area (Å²) < 4.78 is 45.8. The first-order valence-corrected chi connectivity index (χ1v) is 11.5. The zero-order valence-corrected chi connectivity index (χ0v) is 19.5. The lowest BCUT2D eigenvalue weighted by Crippen LogP contribution is -2.14. The Morgan fingerprint density at radius 3 is 2.16 bits per heavy atom. The molecular weight excluding hydrogens is 477 g/mol. The highest BCUT2D eigenvalue weighted by Crippen LogP contribution is 2.42. The van der Waals surface area contributed by atoms with Gasteiger partial charge in [0.15, 0.2) is 0 Å². The normalized spacial score (nSPS) is 11.3. The van der Waals surface area contributed by atoms with E-state index in [-0.39, 0.29) is 5.69 Å². The molecule has 1 aromatic heterocycles. The van der Waals surface area contributed by atoms with Crippen LogP contribution >= 0.6 is 0 Å². The van der Waals surface area contributed by atoms with E-state index in [2.05, 4.69) is 10.3 Å². The van der Waals surface area contributed by atoms with E-state index in [9.17, 15) is 18.0 Å². The number of nitrogens with one attached hydrogen (secondary N) is 1. The van der Waals surface area contributed by atoms with Gasteiger partial charge in [0.05, 0.1) is 11.3 Å². The van der Waals surface area contributed by atoms with Gasteiger partial charge in [-0.25, -0.2) is 0 Å². The fraction of sp³-hybridized carbons (Fsp3) is 0.0667. The monoisotopic (exact) mass is 498 g/mol. The first kappa shape index (κ1) is 24.1. The quantitative estimate of drug-likeness (QED) is 0.260. The predicted molar refractivity (Wildman–Crippen MR) is 137 cm³/mol. The Morgan fingerprint density at radius 1 is 0.811 bits per heavy atom. The maximum atomic E-state index is 13.2. The highest BCUT2D eigenvalue weighted by molar-refractivity contribution is 6.11. The minimum atomic E-state index is -4.45. The maximum Gasteiger partial charge on any atom is 0.416 e. The minimum Gasteiger partial charge on any atom is -0.488 e. The van der Waals surface area contributed by atoms with Crippen molar-refractivity contribution < 1.29 is 22.7 Å². The molecule has 0 aliphatic rings. The van der Waals surface area contributed by atoms with E-state index >= 15 is 0 Å². The molecule has 1 heterocycles. The van der Waals surface area contributed by atoms with E-state index in [4.69, 9.17) is 4.74 Å². The number of aromatic nitrogens is 1. The number of anilines is 1. The molecule has 1 N–H and O–H groups in total. The smallest absolute Gasteiger partial charge is 0.416 e. The van der Waals surface area contributed by atoms with Crippen LogP contribution in [0.1, 0.15) is 21.6 Å². The lowest BCUT2D eigenvalue weighted by Gasteiger charge is -2.19. The van der Waals surface area contributed by atoms with Crippen LogP contribution in [-0.4, -0.2) is 10.9 Å². The van der Waals surface area contributed by atoms with Crippen LogP contribution in [0.5, 0.6) is 5.75 Å². The number of benzene rings is 4. The number of rotatable bonds is 6. The molecule has 0 aliphatic heterocycles. The lowest BCUT2D eigenvalue weighted by molar-refractivity contribution is -0.137. The van der Waals surface area contributed by atoms with Crippen molar-refractivity contribution in [2.45, 2.75) is 12.8 Å². The maximum absolute atomic E-state index is 13.2. The summed E-state index contributed by atoms with van der Waals surface area (Å²) in [5, 5.41) is 4.39. The van der Waals surface area contributed by atoms with Gasteiger partial charge in [0.1, 0.15) is 18.1 Å². The molecule has 0 saturated carbocycles. The van der Waals surface area contributed by atoms with Crippen LogP contribution in [-0.2, 0) is 12.8 Å². The zero-order valence-electron chi connectivity index (χ0n) is 19.5. The second kappa shape index (κ2) is 10.1. The molecule has 37 heavy (non-hydrogen) atoms. The Morgan fingerprint density at radius 2 is 1.49 bits per heavy atom. The van der Waals surface area contributed by atoms with Gasteiger partial charge in [0, 0.05) is 23.2 Å². The first-order valence-electron chi connectivity index (χ1n) is 11.5. The van der Waals surface area contributed by atoms with Crippen LogP contribution in [0.15, 0.2) is 109 Å². The van der Waals surface area contributed by atoms with Gasteiger partial charge in [-0.3, -0.25) is 9.78 Å². The van der Waals surface area contributed by atoms with Crippen molar-refractivity contribution in [2.24, 2.45) is 0 Å². The number of fused-ring (bicyclic) bond motifs is 1. The summed E-state index contributed by atoms with van der Waals surface area (Å²) >= 11 is 0. The Kier molecular flexibility index (Phi) is 6.60. The Balaban J connectivity index is 1.63. The standard InChI is InChI=1S/C30H21F3N2O2/c31-30(32,33)22-15-13-21(14-16-22)28-24-11-5-4-10-23(24)27(37-19-20-8-2-1-3-9-20)18-26(28)35-29(36)25-12-6-7-17-34-25/h1-18H,19H2,(H,35,36). The number of hydrogen-bond acceptors (Lipinski definition) is 3. The van der Waals surface area contributed by atoms with Gasteiger partial charge in [0.2, 0.25) is 0 Å². The van der Waals surface area contributed by atoms with Gasteiger partial charge in [0.25, 0.3) is 5.91 Å². The molecule has 7 heteroatoms. The fourth-order valence-electron chi connectivity index (χ4n) is 4.12. The largest absolute Gasteiger partial charge is 0.488 e. The van der Waals surface area contributed by atoms with Crippen molar-refractivity contribution in [3.8, 4) is 16.9 Å².